The van der Waals surface area contributed by atoms with Crippen LogP contribution in [0.3, 0.4) is 0 Å². The fourth-order valence-electron chi connectivity index (χ4n) is 2.76. The number of halogens is 1. The molecule has 1 saturated heterocycles. The Labute approximate surface area is 162 Å². The van der Waals surface area contributed by atoms with Gasteiger partial charge < -0.3 is 19.7 Å². The third-order valence-electron chi connectivity index (χ3n) is 4.22. The first kappa shape index (κ1) is 18.7. The SMILES string of the molecule is CC(C)(Oc1ccccc1)C(=O)Nc1ccc(N2CCOCC2)c(Br)c1. The summed E-state index contributed by atoms with van der Waals surface area (Å²) in [6.07, 6.45) is 0. The zero-order valence-corrected chi connectivity index (χ0v) is 16.6. The number of morpholine rings is 1. The number of hydrogen-bond donors (Lipinski definition) is 1. The number of hydrogen-bond acceptors (Lipinski definition) is 4. The van der Waals surface area contributed by atoms with Crippen LogP contribution < -0.4 is 15.0 Å². The standard InChI is InChI=1S/C20H23BrN2O3/c1-20(2,26-16-6-4-3-5-7-16)19(24)22-15-8-9-18(17(21)14-15)23-10-12-25-13-11-23/h3-9,14H,10-13H2,1-2H3,(H,22,24). The van der Waals surface area contributed by atoms with Crippen LogP contribution in [0.1, 0.15) is 13.8 Å². The van der Waals surface area contributed by atoms with Crippen molar-refractivity contribution in [3.8, 4) is 5.75 Å². The second-order valence-corrected chi connectivity index (χ2v) is 7.50. The molecule has 0 unspecified atom stereocenters. The van der Waals surface area contributed by atoms with Crippen molar-refractivity contribution >= 4 is 33.2 Å². The minimum Gasteiger partial charge on any atom is -0.478 e. The fraction of sp³-hybridized carbons (Fsp3) is 0.350. The van der Waals surface area contributed by atoms with E-state index in [1.165, 1.54) is 0 Å². The van der Waals surface area contributed by atoms with Gasteiger partial charge in [0.1, 0.15) is 5.75 Å². The quantitative estimate of drug-likeness (QED) is 0.794. The van der Waals surface area contributed by atoms with Crippen molar-refractivity contribution < 1.29 is 14.3 Å². The van der Waals surface area contributed by atoms with Gasteiger partial charge in [0.15, 0.2) is 5.60 Å². The number of carbonyl (C=O) groups excluding carboxylic acids is 1. The van der Waals surface area contributed by atoms with E-state index in [0.29, 0.717) is 5.75 Å². The molecule has 1 N–H and O–H groups in total. The molecule has 0 aromatic heterocycles. The predicted molar refractivity (Wildman–Crippen MR) is 107 cm³/mol. The number of para-hydroxylation sites is 1. The minimum absolute atomic E-state index is 0.202. The van der Waals surface area contributed by atoms with Gasteiger partial charge in [0.05, 0.1) is 18.9 Å². The molecule has 138 valence electrons. The van der Waals surface area contributed by atoms with Crippen LogP contribution in [0.4, 0.5) is 11.4 Å². The first-order valence-electron chi connectivity index (χ1n) is 8.63. The highest BCUT2D eigenvalue weighted by Gasteiger charge is 2.30. The van der Waals surface area contributed by atoms with Gasteiger partial charge >= 0.3 is 0 Å². The molecule has 26 heavy (non-hydrogen) atoms. The van der Waals surface area contributed by atoms with Crippen molar-refractivity contribution in [1.29, 1.82) is 0 Å². The smallest absolute Gasteiger partial charge is 0.267 e. The van der Waals surface area contributed by atoms with Crippen LogP contribution in [-0.2, 0) is 9.53 Å². The lowest BCUT2D eigenvalue weighted by Crippen LogP contribution is -2.42. The van der Waals surface area contributed by atoms with E-state index in [0.717, 1.165) is 42.2 Å². The lowest BCUT2D eigenvalue weighted by Gasteiger charge is -2.30. The Morgan fingerprint density at radius 3 is 2.50 bits per heavy atom. The van der Waals surface area contributed by atoms with E-state index in [1.54, 1.807) is 13.8 Å². The van der Waals surface area contributed by atoms with Gasteiger partial charge in [-0.3, -0.25) is 4.79 Å². The number of nitrogens with zero attached hydrogens (tertiary/aromatic N) is 1. The van der Waals surface area contributed by atoms with E-state index < -0.39 is 5.60 Å². The molecule has 0 bridgehead atoms. The van der Waals surface area contributed by atoms with Crippen molar-refractivity contribution in [2.24, 2.45) is 0 Å². The number of ether oxygens (including phenoxy) is 2. The largest absolute Gasteiger partial charge is 0.478 e. The van der Waals surface area contributed by atoms with Crippen LogP contribution in [0.5, 0.6) is 5.75 Å². The van der Waals surface area contributed by atoms with Crippen molar-refractivity contribution in [3.05, 3.63) is 53.0 Å². The molecule has 1 aliphatic rings. The molecule has 0 saturated carbocycles. The van der Waals surface area contributed by atoms with Gasteiger partial charge in [-0.25, -0.2) is 0 Å². The summed E-state index contributed by atoms with van der Waals surface area (Å²) in [5, 5.41) is 2.94. The number of rotatable bonds is 5. The Morgan fingerprint density at radius 1 is 1.15 bits per heavy atom. The highest BCUT2D eigenvalue weighted by atomic mass is 79.9. The number of anilines is 2. The predicted octanol–water partition coefficient (Wildman–Crippen LogP) is 4.08. The maximum Gasteiger partial charge on any atom is 0.267 e. The molecule has 1 aliphatic heterocycles. The molecule has 6 heteroatoms. The van der Waals surface area contributed by atoms with E-state index in [-0.39, 0.29) is 5.91 Å². The molecule has 3 rings (SSSR count). The lowest BCUT2D eigenvalue weighted by molar-refractivity contribution is -0.128. The Bertz CT molecular complexity index is 759. The van der Waals surface area contributed by atoms with Gasteiger partial charge in [0.2, 0.25) is 0 Å². The second-order valence-electron chi connectivity index (χ2n) is 6.65. The number of amides is 1. The Kier molecular flexibility index (Phi) is 5.84. The molecular formula is C20H23BrN2O3. The van der Waals surface area contributed by atoms with E-state index >= 15 is 0 Å². The van der Waals surface area contributed by atoms with Crippen LogP contribution in [-0.4, -0.2) is 37.8 Å². The molecule has 0 atom stereocenters. The first-order valence-corrected chi connectivity index (χ1v) is 9.43. The molecule has 2 aromatic carbocycles. The number of benzene rings is 2. The summed E-state index contributed by atoms with van der Waals surface area (Å²) in [4.78, 5) is 14.9. The van der Waals surface area contributed by atoms with Gasteiger partial charge in [-0.15, -0.1) is 0 Å². The normalized spacial score (nSPS) is 14.8. The molecule has 2 aromatic rings. The lowest BCUT2D eigenvalue weighted by atomic mass is 10.1. The van der Waals surface area contributed by atoms with Crippen molar-refractivity contribution in [2.75, 3.05) is 36.5 Å². The highest BCUT2D eigenvalue weighted by Crippen LogP contribution is 2.30. The monoisotopic (exact) mass is 418 g/mol. The zero-order chi connectivity index (χ0) is 18.6. The summed E-state index contributed by atoms with van der Waals surface area (Å²) in [6, 6.07) is 15.2. The summed E-state index contributed by atoms with van der Waals surface area (Å²) in [5.41, 5.74) is 0.839. The molecule has 1 amide bonds. The van der Waals surface area contributed by atoms with E-state index in [9.17, 15) is 4.79 Å². The summed E-state index contributed by atoms with van der Waals surface area (Å²) >= 11 is 3.61. The van der Waals surface area contributed by atoms with Crippen LogP contribution in [0.25, 0.3) is 0 Å². The van der Waals surface area contributed by atoms with Crippen molar-refractivity contribution in [1.82, 2.24) is 0 Å². The molecule has 1 fully saturated rings. The summed E-state index contributed by atoms with van der Waals surface area (Å²) < 4.78 is 12.2. The van der Waals surface area contributed by atoms with Gasteiger partial charge in [0, 0.05) is 23.2 Å². The third-order valence-corrected chi connectivity index (χ3v) is 4.86. The molecule has 1 heterocycles. The summed E-state index contributed by atoms with van der Waals surface area (Å²) in [7, 11) is 0. The van der Waals surface area contributed by atoms with Gasteiger partial charge in [-0.05, 0) is 60.1 Å². The van der Waals surface area contributed by atoms with Crippen LogP contribution >= 0.6 is 15.9 Å². The van der Waals surface area contributed by atoms with Crippen LogP contribution in [0, 0.1) is 0 Å². The molecule has 0 spiro atoms. The minimum atomic E-state index is -0.989. The molecule has 0 aliphatic carbocycles. The maximum atomic E-state index is 12.7. The van der Waals surface area contributed by atoms with E-state index in [4.69, 9.17) is 9.47 Å². The van der Waals surface area contributed by atoms with Crippen LogP contribution in [0.15, 0.2) is 53.0 Å². The zero-order valence-electron chi connectivity index (χ0n) is 15.0. The maximum absolute atomic E-state index is 12.7. The van der Waals surface area contributed by atoms with Gasteiger partial charge in [0.25, 0.3) is 5.91 Å². The van der Waals surface area contributed by atoms with Crippen LogP contribution in [0.2, 0.25) is 0 Å². The van der Waals surface area contributed by atoms with E-state index in [1.807, 2.05) is 48.5 Å². The average molecular weight is 419 g/mol. The average Bonchev–Trinajstić information content (AvgIpc) is 2.63. The first-order chi connectivity index (χ1) is 12.5. The fourth-order valence-corrected chi connectivity index (χ4v) is 3.39. The van der Waals surface area contributed by atoms with Crippen molar-refractivity contribution in [2.45, 2.75) is 19.4 Å². The van der Waals surface area contributed by atoms with Gasteiger partial charge in [-0.1, -0.05) is 18.2 Å². The Hall–Kier alpha value is -2.05. The van der Waals surface area contributed by atoms with Crippen molar-refractivity contribution in [3.63, 3.8) is 0 Å². The number of nitrogens with one attached hydrogen (secondary N) is 1. The molecule has 0 radical (unpaired) electrons. The van der Waals surface area contributed by atoms with E-state index in [2.05, 4.69) is 26.1 Å². The molecular weight excluding hydrogens is 396 g/mol. The summed E-state index contributed by atoms with van der Waals surface area (Å²) in [6.45, 7) is 6.70. The second kappa shape index (κ2) is 8.10. The highest BCUT2D eigenvalue weighted by molar-refractivity contribution is 9.10. The molecule has 5 nitrogen and oxygen atoms in total. The third kappa shape index (κ3) is 4.56. The summed E-state index contributed by atoms with van der Waals surface area (Å²) in [5.74, 6) is 0.462. The Morgan fingerprint density at radius 2 is 1.85 bits per heavy atom. The topological polar surface area (TPSA) is 50.8 Å². The Balaban J connectivity index is 1.67. The number of carbonyl (C=O) groups is 1. The van der Waals surface area contributed by atoms with Gasteiger partial charge in [-0.2, -0.15) is 0 Å².